The largest absolute Gasteiger partial charge is 0.378 e. The van der Waals surface area contributed by atoms with Crippen LogP contribution in [0.5, 0.6) is 0 Å². The molecular formula is C14H24N4. The minimum atomic E-state index is 0.263. The Kier molecular flexibility index (Phi) is 2.76. The summed E-state index contributed by atoms with van der Waals surface area (Å²) in [7, 11) is 0. The second-order valence-corrected chi connectivity index (χ2v) is 6.07. The van der Waals surface area contributed by atoms with Crippen LogP contribution in [0, 0.1) is 12.8 Å². The number of anilines is 2. The van der Waals surface area contributed by atoms with Crippen molar-refractivity contribution in [3.8, 4) is 0 Å². The van der Waals surface area contributed by atoms with E-state index >= 15 is 0 Å². The van der Waals surface area contributed by atoms with Gasteiger partial charge in [0.1, 0.15) is 11.5 Å². The Balaban J connectivity index is 1.88. The van der Waals surface area contributed by atoms with Crippen LogP contribution in [-0.4, -0.2) is 21.9 Å². The molecule has 100 valence electrons. The van der Waals surface area contributed by atoms with Gasteiger partial charge in [-0.25, -0.2) is 4.68 Å². The third kappa shape index (κ3) is 1.78. The van der Waals surface area contributed by atoms with Crippen LogP contribution in [0.4, 0.5) is 11.5 Å². The van der Waals surface area contributed by atoms with Crippen LogP contribution in [0.1, 0.15) is 45.2 Å². The van der Waals surface area contributed by atoms with Crippen molar-refractivity contribution in [2.24, 2.45) is 5.92 Å². The summed E-state index contributed by atoms with van der Waals surface area (Å²) in [5.41, 5.74) is 2.58. The normalized spacial score (nSPS) is 30.7. The van der Waals surface area contributed by atoms with Gasteiger partial charge in [0.05, 0.1) is 11.2 Å². The lowest BCUT2D eigenvalue weighted by molar-refractivity contribution is 0.272. The first-order chi connectivity index (χ1) is 8.63. The molecule has 1 aliphatic heterocycles. The molecule has 1 spiro atoms. The Labute approximate surface area is 109 Å². The molecule has 0 radical (unpaired) electrons. The zero-order chi connectivity index (χ0) is 12.8. The molecule has 0 unspecified atom stereocenters. The predicted molar refractivity (Wildman–Crippen MR) is 75.1 cm³/mol. The molecule has 1 aliphatic carbocycles. The van der Waals surface area contributed by atoms with E-state index in [1.807, 2.05) is 0 Å². The first-order valence-corrected chi connectivity index (χ1v) is 7.23. The molecule has 3 rings (SSSR count). The van der Waals surface area contributed by atoms with E-state index in [2.05, 4.69) is 41.2 Å². The van der Waals surface area contributed by atoms with Crippen molar-refractivity contribution in [1.29, 1.82) is 0 Å². The maximum atomic E-state index is 4.60. The van der Waals surface area contributed by atoms with E-state index in [4.69, 9.17) is 0 Å². The highest BCUT2D eigenvalue weighted by atomic mass is 15.4. The van der Waals surface area contributed by atoms with E-state index in [0.717, 1.165) is 24.7 Å². The molecule has 0 bridgehead atoms. The van der Waals surface area contributed by atoms with Crippen molar-refractivity contribution >= 4 is 11.5 Å². The lowest BCUT2D eigenvalue weighted by Gasteiger charge is -2.44. The van der Waals surface area contributed by atoms with Gasteiger partial charge in [0.2, 0.25) is 0 Å². The lowest BCUT2D eigenvalue weighted by Crippen LogP contribution is -2.50. The van der Waals surface area contributed by atoms with Crippen LogP contribution in [-0.2, 0) is 6.54 Å². The summed E-state index contributed by atoms with van der Waals surface area (Å²) >= 11 is 0. The molecule has 1 fully saturated rings. The fourth-order valence-corrected chi connectivity index (χ4v) is 3.32. The summed E-state index contributed by atoms with van der Waals surface area (Å²) < 4.78 is 2.09. The van der Waals surface area contributed by atoms with Gasteiger partial charge >= 0.3 is 0 Å². The second-order valence-electron chi connectivity index (χ2n) is 6.07. The zero-order valence-corrected chi connectivity index (χ0v) is 11.7. The molecule has 0 amide bonds. The van der Waals surface area contributed by atoms with Gasteiger partial charge in [0, 0.05) is 13.1 Å². The first-order valence-electron chi connectivity index (χ1n) is 7.23. The van der Waals surface area contributed by atoms with E-state index in [1.165, 1.54) is 37.2 Å². The maximum Gasteiger partial charge on any atom is 0.148 e. The Hall–Kier alpha value is -1.19. The molecule has 0 saturated heterocycles. The van der Waals surface area contributed by atoms with Crippen molar-refractivity contribution in [3.05, 3.63) is 5.69 Å². The minimum absolute atomic E-state index is 0.263. The van der Waals surface area contributed by atoms with Gasteiger partial charge in [0.15, 0.2) is 0 Å². The summed E-state index contributed by atoms with van der Waals surface area (Å²) in [4.78, 5) is 0. The second kappa shape index (κ2) is 4.18. The molecule has 4 nitrogen and oxygen atoms in total. The van der Waals surface area contributed by atoms with Crippen LogP contribution in [0.15, 0.2) is 0 Å². The standard InChI is InChI=1S/C14H24N4/c1-4-18-13-12(11(3)17-18)15-9-14(16-13)7-5-10(2)6-8-14/h10,15-16H,4-9H2,1-3H3. The Morgan fingerprint density at radius 2 is 2.11 bits per heavy atom. The number of fused-ring (bicyclic) bond motifs is 1. The number of rotatable bonds is 1. The Morgan fingerprint density at radius 1 is 1.39 bits per heavy atom. The van der Waals surface area contributed by atoms with E-state index in [1.54, 1.807) is 0 Å². The molecule has 2 aliphatic rings. The molecule has 0 aromatic carbocycles. The quantitative estimate of drug-likeness (QED) is 0.803. The fraction of sp³-hybridized carbons (Fsp3) is 0.786. The van der Waals surface area contributed by atoms with E-state index in [9.17, 15) is 0 Å². The molecule has 1 aromatic heterocycles. The first kappa shape index (κ1) is 11.9. The highest BCUT2D eigenvalue weighted by Gasteiger charge is 2.38. The molecule has 2 heterocycles. The average molecular weight is 248 g/mol. The van der Waals surface area contributed by atoms with Gasteiger partial charge < -0.3 is 10.6 Å². The highest BCUT2D eigenvalue weighted by Crippen LogP contribution is 2.40. The third-order valence-electron chi connectivity index (χ3n) is 4.65. The smallest absolute Gasteiger partial charge is 0.148 e. The van der Waals surface area contributed by atoms with Gasteiger partial charge in [-0.1, -0.05) is 6.92 Å². The van der Waals surface area contributed by atoms with Crippen LogP contribution in [0.3, 0.4) is 0 Å². The SMILES string of the molecule is CCn1nc(C)c2c1NC1(CCC(C)CC1)CN2. The van der Waals surface area contributed by atoms with Crippen molar-refractivity contribution in [2.45, 2.75) is 58.5 Å². The van der Waals surface area contributed by atoms with E-state index < -0.39 is 0 Å². The van der Waals surface area contributed by atoms with Crippen molar-refractivity contribution in [3.63, 3.8) is 0 Å². The van der Waals surface area contributed by atoms with E-state index in [-0.39, 0.29) is 5.54 Å². The van der Waals surface area contributed by atoms with E-state index in [0.29, 0.717) is 0 Å². The van der Waals surface area contributed by atoms with Crippen molar-refractivity contribution in [2.75, 3.05) is 17.2 Å². The summed E-state index contributed by atoms with van der Waals surface area (Å²) in [6.45, 7) is 8.58. The Morgan fingerprint density at radius 3 is 2.78 bits per heavy atom. The summed E-state index contributed by atoms with van der Waals surface area (Å²) in [5, 5.41) is 12.0. The molecule has 1 saturated carbocycles. The molecule has 0 atom stereocenters. The minimum Gasteiger partial charge on any atom is -0.378 e. The predicted octanol–water partition coefficient (Wildman–Crippen LogP) is 3.00. The summed E-state index contributed by atoms with van der Waals surface area (Å²) in [5.74, 6) is 2.09. The number of nitrogens with zero attached hydrogens (tertiary/aromatic N) is 2. The van der Waals surface area contributed by atoms with Crippen LogP contribution in [0.25, 0.3) is 0 Å². The summed E-state index contributed by atoms with van der Waals surface area (Å²) in [6, 6.07) is 0. The van der Waals surface area contributed by atoms with Crippen LogP contribution in [0.2, 0.25) is 0 Å². The van der Waals surface area contributed by atoms with Gasteiger partial charge in [-0.3, -0.25) is 0 Å². The summed E-state index contributed by atoms with van der Waals surface area (Å²) in [6.07, 6.45) is 5.22. The number of hydrogen-bond donors (Lipinski definition) is 2. The number of hydrogen-bond acceptors (Lipinski definition) is 3. The number of nitrogens with one attached hydrogen (secondary N) is 2. The molecule has 4 heteroatoms. The van der Waals surface area contributed by atoms with Gasteiger partial charge in [-0.05, 0) is 45.4 Å². The monoisotopic (exact) mass is 248 g/mol. The van der Waals surface area contributed by atoms with Gasteiger partial charge in [-0.2, -0.15) is 5.10 Å². The molecule has 1 aromatic rings. The van der Waals surface area contributed by atoms with Crippen LogP contribution >= 0.6 is 0 Å². The Bertz CT molecular complexity index is 441. The van der Waals surface area contributed by atoms with Crippen molar-refractivity contribution < 1.29 is 0 Å². The average Bonchev–Trinajstić information content (AvgIpc) is 2.69. The zero-order valence-electron chi connectivity index (χ0n) is 11.7. The molecule has 18 heavy (non-hydrogen) atoms. The lowest BCUT2D eigenvalue weighted by atomic mass is 9.76. The number of aryl methyl sites for hydroxylation is 2. The third-order valence-corrected chi connectivity index (χ3v) is 4.65. The van der Waals surface area contributed by atoms with Gasteiger partial charge in [-0.15, -0.1) is 0 Å². The molecule has 2 N–H and O–H groups in total. The number of aromatic nitrogens is 2. The topological polar surface area (TPSA) is 41.9 Å². The highest BCUT2D eigenvalue weighted by molar-refractivity contribution is 5.71. The van der Waals surface area contributed by atoms with Gasteiger partial charge in [0.25, 0.3) is 0 Å². The van der Waals surface area contributed by atoms with Crippen LogP contribution < -0.4 is 10.6 Å². The fourth-order valence-electron chi connectivity index (χ4n) is 3.32. The molecular weight excluding hydrogens is 224 g/mol. The van der Waals surface area contributed by atoms with Crippen molar-refractivity contribution in [1.82, 2.24) is 9.78 Å². The maximum absolute atomic E-state index is 4.60.